The molecule has 1 aliphatic rings. The van der Waals surface area contributed by atoms with E-state index in [1.165, 1.54) is 0 Å². The van der Waals surface area contributed by atoms with Crippen LogP contribution in [0.3, 0.4) is 0 Å². The summed E-state index contributed by atoms with van der Waals surface area (Å²) in [7, 11) is 0. The standard InChI is InChI=1S/C11H19N3O2/c1-3-10-12-11(16-13-10)14-6-4-9(5-7-14)8(2)15/h8-9,15H,3-7H2,1-2H3. The van der Waals surface area contributed by atoms with Crippen molar-refractivity contribution in [3.8, 4) is 0 Å². The van der Waals surface area contributed by atoms with Crippen LogP contribution in [0.4, 0.5) is 6.01 Å². The first kappa shape index (κ1) is 11.4. The number of piperidine rings is 1. The minimum atomic E-state index is -0.212. The highest BCUT2D eigenvalue weighted by Crippen LogP contribution is 2.24. The van der Waals surface area contributed by atoms with E-state index in [2.05, 4.69) is 15.0 Å². The Kier molecular flexibility index (Phi) is 3.43. The van der Waals surface area contributed by atoms with Crippen LogP contribution in [0.25, 0.3) is 0 Å². The van der Waals surface area contributed by atoms with Crippen molar-refractivity contribution in [2.75, 3.05) is 18.0 Å². The molecule has 0 amide bonds. The van der Waals surface area contributed by atoms with Crippen LogP contribution in [0.1, 0.15) is 32.5 Å². The van der Waals surface area contributed by atoms with Crippen LogP contribution in [-0.4, -0.2) is 34.4 Å². The lowest BCUT2D eigenvalue weighted by molar-refractivity contribution is 0.109. The third kappa shape index (κ3) is 2.35. The van der Waals surface area contributed by atoms with Gasteiger partial charge < -0.3 is 14.5 Å². The van der Waals surface area contributed by atoms with Crippen molar-refractivity contribution in [2.24, 2.45) is 5.92 Å². The number of aliphatic hydroxyl groups excluding tert-OH is 1. The molecule has 90 valence electrons. The van der Waals surface area contributed by atoms with E-state index in [0.717, 1.165) is 38.2 Å². The minimum absolute atomic E-state index is 0.212. The minimum Gasteiger partial charge on any atom is -0.393 e. The molecule has 16 heavy (non-hydrogen) atoms. The first-order chi connectivity index (χ1) is 7.70. The Morgan fingerprint density at radius 3 is 2.69 bits per heavy atom. The average molecular weight is 225 g/mol. The van der Waals surface area contributed by atoms with Crippen molar-refractivity contribution in [3.63, 3.8) is 0 Å². The van der Waals surface area contributed by atoms with E-state index in [0.29, 0.717) is 11.9 Å². The highest BCUT2D eigenvalue weighted by molar-refractivity contribution is 5.25. The van der Waals surface area contributed by atoms with Crippen molar-refractivity contribution in [2.45, 2.75) is 39.2 Å². The Bertz CT molecular complexity index is 330. The molecule has 0 bridgehead atoms. The molecular formula is C11H19N3O2. The van der Waals surface area contributed by atoms with E-state index in [4.69, 9.17) is 4.52 Å². The maximum atomic E-state index is 9.51. The highest BCUT2D eigenvalue weighted by atomic mass is 16.5. The number of nitrogens with zero attached hydrogens (tertiary/aromatic N) is 3. The van der Waals surface area contributed by atoms with E-state index >= 15 is 0 Å². The number of hydrogen-bond donors (Lipinski definition) is 1. The molecule has 0 radical (unpaired) electrons. The second-order valence-electron chi connectivity index (χ2n) is 4.41. The summed E-state index contributed by atoms with van der Waals surface area (Å²) in [6, 6.07) is 0.626. The van der Waals surface area contributed by atoms with Gasteiger partial charge in [-0.2, -0.15) is 4.98 Å². The van der Waals surface area contributed by atoms with Gasteiger partial charge in [-0.15, -0.1) is 0 Å². The van der Waals surface area contributed by atoms with Crippen molar-refractivity contribution >= 4 is 6.01 Å². The van der Waals surface area contributed by atoms with Gasteiger partial charge in [0.15, 0.2) is 5.82 Å². The molecule has 0 spiro atoms. The van der Waals surface area contributed by atoms with Crippen molar-refractivity contribution in [1.29, 1.82) is 0 Å². The fraction of sp³-hybridized carbons (Fsp3) is 0.818. The fourth-order valence-corrected chi connectivity index (χ4v) is 2.09. The molecule has 2 rings (SSSR count). The first-order valence-corrected chi connectivity index (χ1v) is 5.96. The summed E-state index contributed by atoms with van der Waals surface area (Å²) in [5, 5.41) is 13.4. The molecule has 5 heteroatoms. The van der Waals surface area contributed by atoms with Gasteiger partial charge in [0.05, 0.1) is 6.10 Å². The van der Waals surface area contributed by atoms with Gasteiger partial charge in [-0.05, 0) is 25.7 Å². The second kappa shape index (κ2) is 4.82. The van der Waals surface area contributed by atoms with Crippen LogP contribution < -0.4 is 4.90 Å². The molecule has 1 atom stereocenters. The van der Waals surface area contributed by atoms with Crippen molar-refractivity contribution in [1.82, 2.24) is 10.1 Å². The van der Waals surface area contributed by atoms with Crippen molar-refractivity contribution in [3.05, 3.63) is 5.82 Å². The van der Waals surface area contributed by atoms with Crippen LogP contribution in [-0.2, 0) is 6.42 Å². The lowest BCUT2D eigenvalue weighted by Gasteiger charge is -2.31. The van der Waals surface area contributed by atoms with Crippen LogP contribution in [0.15, 0.2) is 4.52 Å². The second-order valence-corrected chi connectivity index (χ2v) is 4.41. The third-order valence-electron chi connectivity index (χ3n) is 3.27. The lowest BCUT2D eigenvalue weighted by Crippen LogP contribution is -2.37. The normalized spacial score (nSPS) is 20.1. The number of aryl methyl sites for hydroxylation is 1. The molecule has 0 aromatic carbocycles. The van der Waals surface area contributed by atoms with Gasteiger partial charge in [0, 0.05) is 19.5 Å². The van der Waals surface area contributed by atoms with Gasteiger partial charge in [-0.3, -0.25) is 0 Å². The third-order valence-corrected chi connectivity index (χ3v) is 3.27. The summed E-state index contributed by atoms with van der Waals surface area (Å²) in [6.07, 6.45) is 2.56. The number of rotatable bonds is 3. The molecule has 5 nitrogen and oxygen atoms in total. The molecule has 2 heterocycles. The Balaban J connectivity index is 1.93. The number of aromatic nitrogens is 2. The predicted octanol–water partition coefficient (Wildman–Crippen LogP) is 1.23. The Hall–Kier alpha value is -1.10. The Labute approximate surface area is 95.4 Å². The van der Waals surface area contributed by atoms with Gasteiger partial charge in [-0.1, -0.05) is 12.1 Å². The predicted molar refractivity (Wildman–Crippen MR) is 60.3 cm³/mol. The Morgan fingerprint density at radius 2 is 2.19 bits per heavy atom. The van der Waals surface area contributed by atoms with Gasteiger partial charge in [0.2, 0.25) is 0 Å². The van der Waals surface area contributed by atoms with E-state index in [-0.39, 0.29) is 6.10 Å². The van der Waals surface area contributed by atoms with Crippen LogP contribution in [0, 0.1) is 5.92 Å². The molecule has 1 N–H and O–H groups in total. The zero-order valence-electron chi connectivity index (χ0n) is 9.89. The largest absolute Gasteiger partial charge is 0.393 e. The molecule has 0 aliphatic carbocycles. The zero-order chi connectivity index (χ0) is 11.5. The van der Waals surface area contributed by atoms with Gasteiger partial charge in [-0.25, -0.2) is 0 Å². The highest BCUT2D eigenvalue weighted by Gasteiger charge is 2.25. The molecule has 1 fully saturated rings. The summed E-state index contributed by atoms with van der Waals surface area (Å²) < 4.78 is 5.19. The van der Waals surface area contributed by atoms with Gasteiger partial charge in [0.1, 0.15) is 0 Å². The van der Waals surface area contributed by atoms with Gasteiger partial charge >= 0.3 is 6.01 Å². The fourth-order valence-electron chi connectivity index (χ4n) is 2.09. The monoisotopic (exact) mass is 225 g/mol. The first-order valence-electron chi connectivity index (χ1n) is 5.96. The molecular weight excluding hydrogens is 206 g/mol. The smallest absolute Gasteiger partial charge is 0.324 e. The molecule has 1 aromatic heterocycles. The van der Waals surface area contributed by atoms with Gasteiger partial charge in [0.25, 0.3) is 0 Å². The maximum Gasteiger partial charge on any atom is 0.324 e. The quantitative estimate of drug-likeness (QED) is 0.838. The van der Waals surface area contributed by atoms with E-state index in [9.17, 15) is 5.11 Å². The Morgan fingerprint density at radius 1 is 1.50 bits per heavy atom. The summed E-state index contributed by atoms with van der Waals surface area (Å²) in [6.45, 7) is 5.65. The van der Waals surface area contributed by atoms with Crippen LogP contribution in [0.2, 0.25) is 0 Å². The number of anilines is 1. The van der Waals surface area contributed by atoms with Crippen LogP contribution >= 0.6 is 0 Å². The molecule has 1 saturated heterocycles. The molecule has 0 saturated carbocycles. The zero-order valence-corrected chi connectivity index (χ0v) is 9.89. The number of hydrogen-bond acceptors (Lipinski definition) is 5. The summed E-state index contributed by atoms with van der Waals surface area (Å²) in [4.78, 5) is 6.41. The molecule has 1 aliphatic heterocycles. The topological polar surface area (TPSA) is 62.4 Å². The molecule has 1 unspecified atom stereocenters. The number of aliphatic hydroxyl groups is 1. The average Bonchev–Trinajstić information content (AvgIpc) is 2.77. The summed E-state index contributed by atoms with van der Waals surface area (Å²) in [5.74, 6) is 1.16. The van der Waals surface area contributed by atoms with E-state index in [1.54, 1.807) is 0 Å². The lowest BCUT2D eigenvalue weighted by atomic mass is 9.92. The summed E-state index contributed by atoms with van der Waals surface area (Å²) in [5.41, 5.74) is 0. The summed E-state index contributed by atoms with van der Waals surface area (Å²) >= 11 is 0. The maximum absolute atomic E-state index is 9.51. The van der Waals surface area contributed by atoms with E-state index in [1.807, 2.05) is 13.8 Å². The SMILES string of the molecule is CCc1noc(N2CCC(C(C)O)CC2)n1. The van der Waals surface area contributed by atoms with E-state index < -0.39 is 0 Å². The van der Waals surface area contributed by atoms with Crippen LogP contribution in [0.5, 0.6) is 0 Å². The molecule has 1 aromatic rings. The van der Waals surface area contributed by atoms with Crippen molar-refractivity contribution < 1.29 is 9.63 Å².